The molecule has 4 aromatic carbocycles. The SMILES string of the molecule is Cc1cc(Cc2ccc(CCCCCCCc3ccc(Cc4cc(C)c(N)c(C)c4)cc3)cc2)cc(C)c1N. The average molecular weight is 519 g/mol. The first-order chi connectivity index (χ1) is 18.8. The summed E-state index contributed by atoms with van der Waals surface area (Å²) >= 11 is 0. The fourth-order valence-electron chi connectivity index (χ4n) is 5.64. The van der Waals surface area contributed by atoms with Gasteiger partial charge in [-0.05, 0) is 122 Å². The zero-order chi connectivity index (χ0) is 27.8. The Morgan fingerprint density at radius 1 is 0.385 bits per heavy atom. The van der Waals surface area contributed by atoms with E-state index in [-0.39, 0.29) is 0 Å². The van der Waals surface area contributed by atoms with E-state index < -0.39 is 0 Å². The van der Waals surface area contributed by atoms with Crippen molar-refractivity contribution in [2.75, 3.05) is 11.5 Å². The van der Waals surface area contributed by atoms with E-state index in [1.165, 1.54) is 101 Å². The van der Waals surface area contributed by atoms with Gasteiger partial charge in [0.15, 0.2) is 0 Å². The highest BCUT2D eigenvalue weighted by Gasteiger charge is 2.05. The molecular weight excluding hydrogens is 472 g/mol. The Morgan fingerprint density at radius 3 is 1.00 bits per heavy atom. The van der Waals surface area contributed by atoms with Crippen LogP contribution >= 0.6 is 0 Å². The number of nitrogen functional groups attached to an aromatic ring is 2. The van der Waals surface area contributed by atoms with Gasteiger partial charge in [0.1, 0.15) is 0 Å². The fraction of sp³-hybridized carbons (Fsp3) is 0.351. The van der Waals surface area contributed by atoms with Crippen molar-refractivity contribution in [3.05, 3.63) is 128 Å². The summed E-state index contributed by atoms with van der Waals surface area (Å²) in [5.74, 6) is 0. The quantitative estimate of drug-likeness (QED) is 0.145. The van der Waals surface area contributed by atoms with E-state index in [9.17, 15) is 0 Å². The highest BCUT2D eigenvalue weighted by molar-refractivity contribution is 5.55. The fourth-order valence-corrected chi connectivity index (χ4v) is 5.64. The van der Waals surface area contributed by atoms with Crippen molar-refractivity contribution in [1.82, 2.24) is 0 Å². The Labute approximate surface area is 236 Å². The molecule has 0 unspecified atom stereocenters. The Balaban J connectivity index is 1.11. The number of aryl methyl sites for hydroxylation is 6. The van der Waals surface area contributed by atoms with Crippen LogP contribution in [0.25, 0.3) is 0 Å². The maximum atomic E-state index is 6.11. The minimum absolute atomic E-state index is 0.916. The molecule has 0 saturated heterocycles. The molecule has 0 bridgehead atoms. The van der Waals surface area contributed by atoms with Crippen LogP contribution in [-0.2, 0) is 25.7 Å². The van der Waals surface area contributed by atoms with Crippen LogP contribution in [0.15, 0.2) is 72.8 Å². The number of unbranched alkanes of at least 4 members (excludes halogenated alkanes) is 4. The summed E-state index contributed by atoms with van der Waals surface area (Å²) in [6, 6.07) is 27.3. The molecule has 4 N–H and O–H groups in total. The molecule has 0 heterocycles. The van der Waals surface area contributed by atoms with Crippen molar-refractivity contribution in [2.45, 2.75) is 85.5 Å². The van der Waals surface area contributed by atoms with Gasteiger partial charge in [0, 0.05) is 11.4 Å². The van der Waals surface area contributed by atoms with E-state index in [0.29, 0.717) is 0 Å². The van der Waals surface area contributed by atoms with E-state index in [2.05, 4.69) is 100 Å². The number of anilines is 2. The van der Waals surface area contributed by atoms with Crippen molar-refractivity contribution < 1.29 is 0 Å². The Bertz CT molecular complexity index is 1210. The molecule has 0 radical (unpaired) electrons. The van der Waals surface area contributed by atoms with Gasteiger partial charge in [0.05, 0.1) is 0 Å². The van der Waals surface area contributed by atoms with Gasteiger partial charge < -0.3 is 11.5 Å². The van der Waals surface area contributed by atoms with Gasteiger partial charge >= 0.3 is 0 Å². The van der Waals surface area contributed by atoms with Crippen LogP contribution in [0.2, 0.25) is 0 Å². The largest absolute Gasteiger partial charge is 0.398 e. The number of hydrogen-bond donors (Lipinski definition) is 2. The lowest BCUT2D eigenvalue weighted by atomic mass is 9.97. The molecule has 4 aromatic rings. The van der Waals surface area contributed by atoms with Crippen molar-refractivity contribution in [1.29, 1.82) is 0 Å². The molecule has 0 aliphatic heterocycles. The Kier molecular flexibility index (Phi) is 9.87. The van der Waals surface area contributed by atoms with Crippen LogP contribution in [-0.4, -0.2) is 0 Å². The third kappa shape index (κ3) is 8.23. The lowest BCUT2D eigenvalue weighted by molar-refractivity contribution is 0.613. The molecule has 39 heavy (non-hydrogen) atoms. The molecule has 4 rings (SSSR count). The van der Waals surface area contributed by atoms with E-state index in [1.54, 1.807) is 0 Å². The second-order valence-corrected chi connectivity index (χ2v) is 11.5. The maximum absolute atomic E-state index is 6.11. The molecular formula is C37H46N2. The van der Waals surface area contributed by atoms with E-state index >= 15 is 0 Å². The average Bonchev–Trinajstić information content (AvgIpc) is 2.91. The van der Waals surface area contributed by atoms with Gasteiger partial charge in [-0.25, -0.2) is 0 Å². The minimum atomic E-state index is 0.916. The summed E-state index contributed by atoms with van der Waals surface area (Å²) in [4.78, 5) is 0. The first-order valence-electron chi connectivity index (χ1n) is 14.7. The number of benzene rings is 4. The zero-order valence-electron chi connectivity index (χ0n) is 24.4. The summed E-state index contributed by atoms with van der Waals surface area (Å²) in [5.41, 5.74) is 27.1. The van der Waals surface area contributed by atoms with Gasteiger partial charge in [-0.1, -0.05) is 92.1 Å². The summed E-state index contributed by atoms with van der Waals surface area (Å²) in [6.45, 7) is 8.38. The molecule has 0 amide bonds. The smallest absolute Gasteiger partial charge is 0.0373 e. The number of nitrogens with two attached hydrogens (primary N) is 2. The van der Waals surface area contributed by atoms with Gasteiger partial charge in [0.25, 0.3) is 0 Å². The molecule has 2 nitrogen and oxygen atoms in total. The molecule has 0 aliphatic carbocycles. The van der Waals surface area contributed by atoms with Gasteiger partial charge in [-0.15, -0.1) is 0 Å². The highest BCUT2D eigenvalue weighted by Crippen LogP contribution is 2.23. The second kappa shape index (κ2) is 13.5. The van der Waals surface area contributed by atoms with Crippen molar-refractivity contribution in [3.8, 4) is 0 Å². The molecule has 0 aliphatic rings. The van der Waals surface area contributed by atoms with Crippen LogP contribution in [0.5, 0.6) is 0 Å². The van der Waals surface area contributed by atoms with Gasteiger partial charge in [-0.3, -0.25) is 0 Å². The van der Waals surface area contributed by atoms with Crippen LogP contribution in [0.4, 0.5) is 11.4 Å². The molecule has 0 saturated carbocycles. The molecule has 0 aromatic heterocycles. The predicted octanol–water partition coefficient (Wildman–Crippen LogP) is 9.00. The van der Waals surface area contributed by atoms with Crippen molar-refractivity contribution >= 4 is 11.4 Å². The lowest BCUT2D eigenvalue weighted by Gasteiger charge is -2.10. The molecule has 2 heteroatoms. The first-order valence-corrected chi connectivity index (χ1v) is 14.7. The van der Waals surface area contributed by atoms with Gasteiger partial charge in [0.2, 0.25) is 0 Å². The molecule has 0 fully saturated rings. The highest BCUT2D eigenvalue weighted by atomic mass is 14.6. The zero-order valence-corrected chi connectivity index (χ0v) is 24.4. The van der Waals surface area contributed by atoms with Gasteiger partial charge in [-0.2, -0.15) is 0 Å². The third-order valence-electron chi connectivity index (χ3n) is 8.10. The third-order valence-corrected chi connectivity index (χ3v) is 8.10. The molecule has 0 spiro atoms. The normalized spacial score (nSPS) is 11.2. The Hall–Kier alpha value is -3.52. The molecule has 0 atom stereocenters. The first kappa shape index (κ1) is 28.5. The van der Waals surface area contributed by atoms with Crippen LogP contribution in [0, 0.1) is 27.7 Å². The number of hydrogen-bond acceptors (Lipinski definition) is 2. The van der Waals surface area contributed by atoms with E-state index in [1.807, 2.05) is 0 Å². The Morgan fingerprint density at radius 2 is 0.667 bits per heavy atom. The topological polar surface area (TPSA) is 52.0 Å². The lowest BCUT2D eigenvalue weighted by Crippen LogP contribution is -1.97. The van der Waals surface area contributed by atoms with Crippen molar-refractivity contribution in [2.24, 2.45) is 0 Å². The standard InChI is InChI=1S/C37H46N2/c1-26-20-34(21-27(2)36(26)38)24-32-16-12-30(13-17-32)10-8-6-5-7-9-11-31-14-18-33(19-15-31)25-35-22-28(3)37(39)29(4)23-35/h12-23H,5-11,24-25,38-39H2,1-4H3. The summed E-state index contributed by atoms with van der Waals surface area (Å²) in [7, 11) is 0. The van der Waals surface area contributed by atoms with Crippen molar-refractivity contribution in [3.63, 3.8) is 0 Å². The number of rotatable bonds is 12. The van der Waals surface area contributed by atoms with E-state index in [0.717, 1.165) is 24.2 Å². The minimum Gasteiger partial charge on any atom is -0.398 e. The van der Waals surface area contributed by atoms with Crippen LogP contribution < -0.4 is 11.5 Å². The van der Waals surface area contributed by atoms with E-state index in [4.69, 9.17) is 11.5 Å². The molecule has 204 valence electrons. The summed E-state index contributed by atoms with van der Waals surface area (Å²) in [5, 5.41) is 0. The van der Waals surface area contributed by atoms with Crippen LogP contribution in [0.1, 0.15) is 87.7 Å². The second-order valence-electron chi connectivity index (χ2n) is 11.5. The predicted molar refractivity (Wildman–Crippen MR) is 170 cm³/mol. The summed E-state index contributed by atoms with van der Waals surface area (Å²) in [6.07, 6.45) is 10.8. The maximum Gasteiger partial charge on any atom is 0.0373 e. The van der Waals surface area contributed by atoms with Crippen LogP contribution in [0.3, 0.4) is 0 Å². The summed E-state index contributed by atoms with van der Waals surface area (Å²) < 4.78 is 0. The monoisotopic (exact) mass is 518 g/mol.